The standard InChI is InChI=1S/C25H22Cl2N4O5.ClH/c26-21-16(13-20(32)31-18(23(33)34)12-14-4-2-1-3-5-14)8-11-19(22(21)27)36-24(35)15-6-9-17(10-7-15)30-25(28)29;/h1-11,18H,12-13H2,(H,31,32)(H,33,34)(H4,28,29,30);1H/t18-;/m0./s1. The molecule has 0 saturated carbocycles. The van der Waals surface area contributed by atoms with E-state index in [-0.39, 0.29) is 52.6 Å². The number of benzene rings is 3. The Morgan fingerprint density at radius 3 is 2.19 bits per heavy atom. The zero-order valence-electron chi connectivity index (χ0n) is 19.2. The zero-order chi connectivity index (χ0) is 26.2. The number of aliphatic imine (C=N–C) groups is 1. The second-order valence-electron chi connectivity index (χ2n) is 7.65. The van der Waals surface area contributed by atoms with Gasteiger partial charge in [-0.3, -0.25) is 4.79 Å². The lowest BCUT2D eigenvalue weighted by Crippen LogP contribution is -2.43. The number of nitrogens with zero attached hydrogens (tertiary/aromatic N) is 1. The molecule has 0 fully saturated rings. The highest BCUT2D eigenvalue weighted by Gasteiger charge is 2.22. The van der Waals surface area contributed by atoms with Crippen LogP contribution >= 0.6 is 35.6 Å². The summed E-state index contributed by atoms with van der Waals surface area (Å²) in [6.07, 6.45) is -0.101. The van der Waals surface area contributed by atoms with E-state index < -0.39 is 23.9 Å². The molecular weight excluding hydrogens is 543 g/mol. The quantitative estimate of drug-likeness (QED) is 0.133. The van der Waals surface area contributed by atoms with Crippen LogP contribution in [-0.2, 0) is 22.4 Å². The number of hydrogen-bond acceptors (Lipinski definition) is 5. The van der Waals surface area contributed by atoms with Crippen molar-refractivity contribution in [2.75, 3.05) is 0 Å². The molecule has 1 amide bonds. The molecule has 0 unspecified atom stereocenters. The van der Waals surface area contributed by atoms with Crippen LogP contribution in [0.4, 0.5) is 5.69 Å². The number of carboxylic acids is 1. The third-order valence-corrected chi connectivity index (χ3v) is 5.86. The highest BCUT2D eigenvalue weighted by Crippen LogP contribution is 2.35. The molecule has 9 nitrogen and oxygen atoms in total. The molecule has 6 N–H and O–H groups in total. The van der Waals surface area contributed by atoms with Gasteiger partial charge in [-0.2, -0.15) is 0 Å². The monoisotopic (exact) mass is 564 g/mol. The number of esters is 1. The van der Waals surface area contributed by atoms with Crippen molar-refractivity contribution in [1.82, 2.24) is 5.32 Å². The van der Waals surface area contributed by atoms with E-state index in [1.807, 2.05) is 6.07 Å². The van der Waals surface area contributed by atoms with Crippen molar-refractivity contribution in [1.29, 1.82) is 0 Å². The van der Waals surface area contributed by atoms with Gasteiger partial charge in [-0.25, -0.2) is 14.6 Å². The molecule has 3 aromatic carbocycles. The van der Waals surface area contributed by atoms with Gasteiger partial charge in [0.15, 0.2) is 11.7 Å². The Hall–Kier alpha value is -3.79. The Kier molecular flexibility index (Phi) is 10.7. The molecule has 3 rings (SSSR count). The first-order valence-electron chi connectivity index (χ1n) is 10.6. The van der Waals surface area contributed by atoms with E-state index in [9.17, 15) is 19.5 Å². The maximum atomic E-state index is 12.5. The summed E-state index contributed by atoms with van der Waals surface area (Å²) < 4.78 is 5.34. The van der Waals surface area contributed by atoms with Crippen molar-refractivity contribution >= 4 is 65.1 Å². The lowest BCUT2D eigenvalue weighted by molar-refractivity contribution is -0.141. The highest BCUT2D eigenvalue weighted by molar-refractivity contribution is 6.43. The molecular formula is C25H23Cl3N4O5. The number of carbonyl (C=O) groups excluding carboxylic acids is 2. The van der Waals surface area contributed by atoms with Crippen LogP contribution in [0.15, 0.2) is 71.7 Å². The van der Waals surface area contributed by atoms with Gasteiger partial charge in [-0.05, 0) is 41.5 Å². The number of guanidine groups is 1. The summed E-state index contributed by atoms with van der Waals surface area (Å²) in [6.45, 7) is 0. The van der Waals surface area contributed by atoms with Gasteiger partial charge in [-0.15, -0.1) is 12.4 Å². The molecule has 0 saturated heterocycles. The molecule has 0 aromatic heterocycles. The molecule has 3 aromatic rings. The smallest absolute Gasteiger partial charge is 0.343 e. The summed E-state index contributed by atoms with van der Waals surface area (Å²) in [6, 6.07) is 16.7. The minimum atomic E-state index is -1.16. The van der Waals surface area contributed by atoms with Crippen LogP contribution in [0.3, 0.4) is 0 Å². The van der Waals surface area contributed by atoms with Crippen LogP contribution in [0.2, 0.25) is 10.0 Å². The lowest BCUT2D eigenvalue weighted by Gasteiger charge is -2.16. The Balaban J connectivity index is 0.00000481. The van der Waals surface area contributed by atoms with E-state index in [0.717, 1.165) is 5.56 Å². The van der Waals surface area contributed by atoms with Crippen LogP contribution in [-0.4, -0.2) is 35.0 Å². The van der Waals surface area contributed by atoms with E-state index in [2.05, 4.69) is 10.3 Å². The average Bonchev–Trinajstić information content (AvgIpc) is 2.84. The summed E-state index contributed by atoms with van der Waals surface area (Å²) >= 11 is 12.6. The maximum absolute atomic E-state index is 12.5. The van der Waals surface area contributed by atoms with Crippen LogP contribution < -0.4 is 21.5 Å². The molecule has 0 aliphatic rings. The number of halogens is 3. The fraction of sp³-hybridized carbons (Fsp3) is 0.120. The molecule has 37 heavy (non-hydrogen) atoms. The maximum Gasteiger partial charge on any atom is 0.343 e. The van der Waals surface area contributed by atoms with E-state index in [1.54, 1.807) is 24.3 Å². The normalized spacial score (nSPS) is 11.0. The molecule has 0 radical (unpaired) electrons. The first kappa shape index (κ1) is 29.4. The predicted octanol–water partition coefficient (Wildman–Crippen LogP) is 3.89. The Bertz CT molecular complexity index is 1300. The van der Waals surface area contributed by atoms with Gasteiger partial charge in [-0.1, -0.05) is 59.6 Å². The van der Waals surface area contributed by atoms with Gasteiger partial charge in [0.05, 0.1) is 22.7 Å². The number of ether oxygens (including phenoxy) is 1. The van der Waals surface area contributed by atoms with E-state index in [4.69, 9.17) is 39.4 Å². The number of carbonyl (C=O) groups is 3. The highest BCUT2D eigenvalue weighted by atomic mass is 35.5. The van der Waals surface area contributed by atoms with Crippen molar-refractivity contribution < 1.29 is 24.2 Å². The van der Waals surface area contributed by atoms with Crippen LogP contribution in [0.5, 0.6) is 5.75 Å². The minimum Gasteiger partial charge on any atom is -0.480 e. The van der Waals surface area contributed by atoms with Crippen molar-refractivity contribution in [3.63, 3.8) is 0 Å². The van der Waals surface area contributed by atoms with Crippen molar-refractivity contribution in [3.8, 4) is 5.75 Å². The third kappa shape index (κ3) is 8.38. The molecule has 0 aliphatic heterocycles. The summed E-state index contributed by atoms with van der Waals surface area (Å²) in [5, 5.41) is 11.9. The van der Waals surface area contributed by atoms with E-state index in [0.29, 0.717) is 11.3 Å². The number of nitrogens with two attached hydrogens (primary N) is 2. The Morgan fingerprint density at radius 1 is 0.946 bits per heavy atom. The van der Waals surface area contributed by atoms with Crippen LogP contribution in [0.25, 0.3) is 0 Å². The van der Waals surface area contributed by atoms with Gasteiger partial charge in [0.1, 0.15) is 11.1 Å². The number of hydrogen-bond donors (Lipinski definition) is 4. The van der Waals surface area contributed by atoms with Crippen molar-refractivity contribution in [2.24, 2.45) is 16.5 Å². The predicted molar refractivity (Wildman–Crippen MR) is 144 cm³/mol. The second kappa shape index (κ2) is 13.5. The molecule has 0 bridgehead atoms. The molecule has 0 spiro atoms. The lowest BCUT2D eigenvalue weighted by atomic mass is 10.1. The largest absolute Gasteiger partial charge is 0.480 e. The Morgan fingerprint density at radius 2 is 1.59 bits per heavy atom. The summed E-state index contributed by atoms with van der Waals surface area (Å²) in [5.74, 6) is -2.53. The summed E-state index contributed by atoms with van der Waals surface area (Å²) in [5.41, 5.74) is 12.4. The summed E-state index contributed by atoms with van der Waals surface area (Å²) in [7, 11) is 0. The summed E-state index contributed by atoms with van der Waals surface area (Å²) in [4.78, 5) is 40.5. The van der Waals surface area contributed by atoms with E-state index in [1.165, 1.54) is 36.4 Å². The first-order chi connectivity index (χ1) is 17.1. The Labute approximate surface area is 228 Å². The third-order valence-electron chi connectivity index (χ3n) is 4.96. The number of aliphatic carboxylic acids is 1. The van der Waals surface area contributed by atoms with Crippen LogP contribution in [0.1, 0.15) is 21.5 Å². The van der Waals surface area contributed by atoms with Crippen molar-refractivity contribution in [2.45, 2.75) is 18.9 Å². The number of amides is 1. The van der Waals surface area contributed by atoms with Crippen LogP contribution in [0, 0.1) is 0 Å². The molecule has 1 atom stereocenters. The number of carboxylic acid groups (broad SMARTS) is 1. The first-order valence-corrected chi connectivity index (χ1v) is 11.3. The fourth-order valence-corrected chi connectivity index (χ4v) is 3.68. The van der Waals surface area contributed by atoms with E-state index >= 15 is 0 Å². The van der Waals surface area contributed by atoms with Gasteiger partial charge < -0.3 is 26.6 Å². The fourth-order valence-electron chi connectivity index (χ4n) is 3.24. The SMILES string of the molecule is Cl.NC(N)=Nc1ccc(C(=O)Oc2ccc(CC(=O)N[C@@H](Cc3ccccc3)C(=O)O)c(Cl)c2Cl)cc1. The number of rotatable bonds is 9. The molecule has 12 heteroatoms. The molecule has 0 aliphatic carbocycles. The minimum absolute atomic E-state index is 0. The van der Waals surface area contributed by atoms with Crippen molar-refractivity contribution in [3.05, 3.63) is 93.5 Å². The zero-order valence-corrected chi connectivity index (χ0v) is 21.5. The number of nitrogens with one attached hydrogen (secondary N) is 1. The topological polar surface area (TPSA) is 157 Å². The molecule has 0 heterocycles. The van der Waals surface area contributed by atoms with Gasteiger partial charge in [0, 0.05) is 6.42 Å². The van der Waals surface area contributed by atoms with Gasteiger partial charge >= 0.3 is 11.9 Å². The molecule has 194 valence electrons. The van der Waals surface area contributed by atoms with Gasteiger partial charge in [0.2, 0.25) is 5.91 Å². The second-order valence-corrected chi connectivity index (χ2v) is 8.40. The average molecular weight is 566 g/mol. The van der Waals surface area contributed by atoms with Gasteiger partial charge in [0.25, 0.3) is 0 Å².